The van der Waals surface area contributed by atoms with Crippen LogP contribution in [-0.2, 0) is 11.3 Å². The summed E-state index contributed by atoms with van der Waals surface area (Å²) in [4.78, 5) is 25.8. The number of carbonyl (C=O) groups is 1. The third-order valence-corrected chi connectivity index (χ3v) is 4.17. The van der Waals surface area contributed by atoms with Crippen molar-refractivity contribution < 1.29 is 4.79 Å². The lowest BCUT2D eigenvalue weighted by Crippen LogP contribution is -2.47. The van der Waals surface area contributed by atoms with E-state index in [9.17, 15) is 9.59 Å². The van der Waals surface area contributed by atoms with Gasteiger partial charge in [-0.25, -0.2) is 0 Å². The number of nitrogens with zero attached hydrogens (tertiary/aromatic N) is 2. The molecule has 1 N–H and O–H groups in total. The molecule has 0 saturated carbocycles. The fourth-order valence-electron chi connectivity index (χ4n) is 2.49. The molecule has 1 aliphatic heterocycles. The third kappa shape index (κ3) is 5.13. The van der Waals surface area contributed by atoms with Gasteiger partial charge in [-0.1, -0.05) is 0 Å². The zero-order valence-corrected chi connectivity index (χ0v) is 14.5. The standard InChI is InChI=1S/C14H20BrN3O2.ClH/c1-16-12-3-2-7-17(10-12)14(20)6-8-18-9-11(15)4-5-13(18)19;/h4-5,9,12,16H,2-3,6-8,10H2,1H3;1H. The van der Waals surface area contributed by atoms with Gasteiger partial charge in [-0.3, -0.25) is 9.59 Å². The maximum absolute atomic E-state index is 12.2. The van der Waals surface area contributed by atoms with Crippen LogP contribution in [0.15, 0.2) is 27.6 Å². The van der Waals surface area contributed by atoms with Crippen LogP contribution in [-0.4, -0.2) is 41.6 Å². The molecule has 1 aliphatic rings. The number of piperidine rings is 1. The second-order valence-electron chi connectivity index (χ2n) is 5.10. The number of likely N-dealkylation sites (N-methyl/N-ethyl adjacent to an activating group) is 1. The molecule has 0 aromatic carbocycles. The summed E-state index contributed by atoms with van der Waals surface area (Å²) < 4.78 is 2.42. The molecule has 1 fully saturated rings. The van der Waals surface area contributed by atoms with Crippen molar-refractivity contribution in [3.63, 3.8) is 0 Å². The molecule has 5 nitrogen and oxygen atoms in total. The highest BCUT2D eigenvalue weighted by molar-refractivity contribution is 9.10. The lowest BCUT2D eigenvalue weighted by atomic mass is 10.1. The lowest BCUT2D eigenvalue weighted by molar-refractivity contribution is -0.132. The van der Waals surface area contributed by atoms with Crippen LogP contribution in [0.3, 0.4) is 0 Å². The number of rotatable bonds is 4. The minimum Gasteiger partial charge on any atom is -0.341 e. The molecule has 1 aromatic rings. The molecule has 0 aliphatic carbocycles. The first kappa shape index (κ1) is 18.2. The summed E-state index contributed by atoms with van der Waals surface area (Å²) in [7, 11) is 1.93. The smallest absolute Gasteiger partial charge is 0.250 e. The van der Waals surface area contributed by atoms with Crippen molar-refractivity contribution >= 4 is 34.2 Å². The molecule has 2 heterocycles. The van der Waals surface area contributed by atoms with Crippen LogP contribution in [0.25, 0.3) is 0 Å². The summed E-state index contributed by atoms with van der Waals surface area (Å²) in [5.41, 5.74) is -0.0762. The molecule has 0 bridgehead atoms. The van der Waals surface area contributed by atoms with Crippen molar-refractivity contribution in [3.05, 3.63) is 33.2 Å². The van der Waals surface area contributed by atoms with E-state index in [2.05, 4.69) is 21.2 Å². The third-order valence-electron chi connectivity index (χ3n) is 3.70. The topological polar surface area (TPSA) is 54.3 Å². The first-order chi connectivity index (χ1) is 9.60. The summed E-state index contributed by atoms with van der Waals surface area (Å²) in [5.74, 6) is 0.122. The van der Waals surface area contributed by atoms with Gasteiger partial charge >= 0.3 is 0 Å². The van der Waals surface area contributed by atoms with Gasteiger partial charge < -0.3 is 14.8 Å². The molecule has 118 valence electrons. The maximum atomic E-state index is 12.2. The van der Waals surface area contributed by atoms with Crippen LogP contribution in [0.1, 0.15) is 19.3 Å². The highest BCUT2D eigenvalue weighted by Gasteiger charge is 2.22. The zero-order chi connectivity index (χ0) is 14.5. The Hall–Kier alpha value is -0.850. The number of carbonyl (C=O) groups excluding carboxylic acids is 1. The molecule has 0 radical (unpaired) electrons. The molecule has 7 heteroatoms. The SMILES string of the molecule is CNC1CCCN(C(=O)CCn2cc(Br)ccc2=O)C1.Cl. The second-order valence-corrected chi connectivity index (χ2v) is 6.01. The van der Waals surface area contributed by atoms with Gasteiger partial charge in [0.2, 0.25) is 5.91 Å². The van der Waals surface area contributed by atoms with Gasteiger partial charge in [-0.05, 0) is 41.9 Å². The van der Waals surface area contributed by atoms with E-state index in [0.29, 0.717) is 19.0 Å². The van der Waals surface area contributed by atoms with E-state index in [-0.39, 0.29) is 23.9 Å². The summed E-state index contributed by atoms with van der Waals surface area (Å²) in [5, 5.41) is 3.22. The summed E-state index contributed by atoms with van der Waals surface area (Å²) in [6.45, 7) is 2.02. The molecular weight excluding hydrogens is 358 g/mol. The average Bonchev–Trinajstić information content (AvgIpc) is 2.48. The first-order valence-corrected chi connectivity index (χ1v) is 7.70. The van der Waals surface area contributed by atoms with Crippen LogP contribution in [0, 0.1) is 0 Å². The predicted octanol–water partition coefficient (Wildman–Crippen LogP) is 1.63. The van der Waals surface area contributed by atoms with Crippen LogP contribution in [0.5, 0.6) is 0 Å². The molecule has 1 aromatic heterocycles. The van der Waals surface area contributed by atoms with Crippen molar-refractivity contribution in [2.24, 2.45) is 0 Å². The van der Waals surface area contributed by atoms with Gasteiger partial charge in [0.1, 0.15) is 0 Å². The Balaban J connectivity index is 0.00000220. The van der Waals surface area contributed by atoms with E-state index in [1.165, 1.54) is 6.07 Å². The highest BCUT2D eigenvalue weighted by Crippen LogP contribution is 2.11. The monoisotopic (exact) mass is 377 g/mol. The van der Waals surface area contributed by atoms with Gasteiger partial charge in [0, 0.05) is 48.8 Å². The van der Waals surface area contributed by atoms with Gasteiger partial charge in [0.25, 0.3) is 5.56 Å². The van der Waals surface area contributed by atoms with E-state index in [4.69, 9.17) is 0 Å². The zero-order valence-electron chi connectivity index (χ0n) is 12.0. The Morgan fingerprint density at radius 3 is 2.95 bits per heavy atom. The van der Waals surface area contributed by atoms with Crippen molar-refractivity contribution in [1.82, 2.24) is 14.8 Å². The van der Waals surface area contributed by atoms with Crippen molar-refractivity contribution in [2.75, 3.05) is 20.1 Å². The van der Waals surface area contributed by atoms with Crippen LogP contribution in [0.4, 0.5) is 0 Å². The number of likely N-dealkylation sites (tertiary alicyclic amines) is 1. The van der Waals surface area contributed by atoms with Gasteiger partial charge in [0.05, 0.1) is 0 Å². The summed E-state index contributed by atoms with van der Waals surface area (Å²) in [6.07, 6.45) is 4.24. The first-order valence-electron chi connectivity index (χ1n) is 6.91. The molecule has 2 rings (SSSR count). The quantitative estimate of drug-likeness (QED) is 0.866. The number of aryl methyl sites for hydroxylation is 1. The fraction of sp³-hybridized carbons (Fsp3) is 0.571. The average molecular weight is 379 g/mol. The van der Waals surface area contributed by atoms with Crippen LogP contribution in [0.2, 0.25) is 0 Å². The largest absolute Gasteiger partial charge is 0.341 e. The number of nitrogens with one attached hydrogen (secondary N) is 1. The van der Waals surface area contributed by atoms with E-state index >= 15 is 0 Å². The Kier molecular flexibility index (Phi) is 7.42. The Bertz CT molecular complexity index is 535. The minimum absolute atomic E-state index is 0. The molecule has 0 spiro atoms. The highest BCUT2D eigenvalue weighted by atomic mass is 79.9. The van der Waals surface area contributed by atoms with E-state index in [1.54, 1.807) is 16.8 Å². The molecular formula is C14H21BrClN3O2. The molecule has 1 saturated heterocycles. The van der Waals surface area contributed by atoms with E-state index in [0.717, 1.165) is 30.4 Å². The molecule has 21 heavy (non-hydrogen) atoms. The molecule has 1 atom stereocenters. The summed E-state index contributed by atoms with van der Waals surface area (Å²) >= 11 is 3.33. The summed E-state index contributed by atoms with van der Waals surface area (Å²) in [6, 6.07) is 3.61. The van der Waals surface area contributed by atoms with Crippen LogP contribution >= 0.6 is 28.3 Å². The number of amides is 1. The predicted molar refractivity (Wildman–Crippen MR) is 88.9 cm³/mol. The maximum Gasteiger partial charge on any atom is 0.250 e. The normalized spacial score (nSPS) is 18.2. The van der Waals surface area contributed by atoms with Crippen molar-refractivity contribution in [3.8, 4) is 0 Å². The number of pyridine rings is 1. The molecule has 1 amide bonds. The number of hydrogen-bond donors (Lipinski definition) is 1. The Labute approximate surface area is 139 Å². The minimum atomic E-state index is -0.0762. The van der Waals surface area contributed by atoms with Gasteiger partial charge in [-0.2, -0.15) is 0 Å². The second kappa shape index (κ2) is 8.56. The van der Waals surface area contributed by atoms with E-state index in [1.807, 2.05) is 11.9 Å². The number of hydrogen-bond acceptors (Lipinski definition) is 3. The number of aromatic nitrogens is 1. The van der Waals surface area contributed by atoms with Gasteiger partial charge in [0.15, 0.2) is 0 Å². The Morgan fingerprint density at radius 1 is 1.48 bits per heavy atom. The van der Waals surface area contributed by atoms with Crippen molar-refractivity contribution in [1.29, 1.82) is 0 Å². The number of halogens is 2. The van der Waals surface area contributed by atoms with E-state index < -0.39 is 0 Å². The molecule has 1 unspecified atom stereocenters. The van der Waals surface area contributed by atoms with Crippen molar-refractivity contribution in [2.45, 2.75) is 31.8 Å². The Morgan fingerprint density at radius 2 is 2.24 bits per heavy atom. The van der Waals surface area contributed by atoms with Crippen LogP contribution < -0.4 is 10.9 Å². The fourth-order valence-corrected chi connectivity index (χ4v) is 2.87. The lowest BCUT2D eigenvalue weighted by Gasteiger charge is -2.32. The van der Waals surface area contributed by atoms with Gasteiger partial charge in [-0.15, -0.1) is 12.4 Å².